The number of carbonyl (C=O) groups excluding carboxylic acids is 1. The lowest BCUT2D eigenvalue weighted by molar-refractivity contribution is 0.102. The lowest BCUT2D eigenvalue weighted by Gasteiger charge is -2.07. The number of oxazole rings is 1. The van der Waals surface area contributed by atoms with E-state index in [0.29, 0.717) is 22.9 Å². The number of hydrogen-bond donors (Lipinski definition) is 1. The van der Waals surface area contributed by atoms with E-state index >= 15 is 0 Å². The first kappa shape index (κ1) is 17.5. The molecular formula is C23H18N2O3. The van der Waals surface area contributed by atoms with Crippen molar-refractivity contribution in [2.75, 3.05) is 12.4 Å². The molecule has 0 fully saturated rings. The number of hydrogen-bond acceptors (Lipinski definition) is 4. The molecule has 4 rings (SSSR count). The Morgan fingerprint density at radius 1 is 0.929 bits per heavy atom. The van der Waals surface area contributed by atoms with Gasteiger partial charge in [-0.3, -0.25) is 4.79 Å². The summed E-state index contributed by atoms with van der Waals surface area (Å²) in [5, 5.41) is 2.87. The van der Waals surface area contributed by atoms with E-state index in [1.807, 2.05) is 54.6 Å². The summed E-state index contributed by atoms with van der Waals surface area (Å²) >= 11 is 0. The molecule has 0 saturated carbocycles. The van der Waals surface area contributed by atoms with Gasteiger partial charge in [-0.05, 0) is 42.5 Å². The first-order valence-corrected chi connectivity index (χ1v) is 8.80. The molecule has 0 spiro atoms. The Morgan fingerprint density at radius 2 is 1.71 bits per heavy atom. The molecule has 0 unspecified atom stereocenters. The van der Waals surface area contributed by atoms with Gasteiger partial charge in [-0.2, -0.15) is 0 Å². The minimum atomic E-state index is -0.200. The molecule has 1 N–H and O–H groups in total. The van der Waals surface area contributed by atoms with Crippen LogP contribution in [0.3, 0.4) is 0 Å². The highest BCUT2D eigenvalue weighted by atomic mass is 16.5. The maximum Gasteiger partial charge on any atom is 0.255 e. The van der Waals surface area contributed by atoms with E-state index in [-0.39, 0.29) is 5.91 Å². The fraction of sp³-hybridized carbons (Fsp3) is 0.0435. The number of methoxy groups -OCH3 is 1. The lowest BCUT2D eigenvalue weighted by atomic mass is 10.1. The summed E-state index contributed by atoms with van der Waals surface area (Å²) in [6, 6.07) is 24.2. The number of nitrogens with one attached hydrogen (secondary N) is 1. The first-order chi connectivity index (χ1) is 13.7. The topological polar surface area (TPSA) is 64.4 Å². The second-order valence-electron chi connectivity index (χ2n) is 6.17. The van der Waals surface area contributed by atoms with Gasteiger partial charge >= 0.3 is 0 Å². The number of rotatable bonds is 5. The monoisotopic (exact) mass is 370 g/mol. The van der Waals surface area contributed by atoms with Crippen LogP contribution in [0.4, 0.5) is 5.69 Å². The van der Waals surface area contributed by atoms with Crippen LogP contribution >= 0.6 is 0 Å². The minimum absolute atomic E-state index is 0.200. The predicted molar refractivity (Wildman–Crippen MR) is 108 cm³/mol. The molecule has 28 heavy (non-hydrogen) atoms. The van der Waals surface area contributed by atoms with Gasteiger partial charge in [0.1, 0.15) is 17.7 Å². The van der Waals surface area contributed by atoms with Crippen LogP contribution in [-0.4, -0.2) is 18.0 Å². The van der Waals surface area contributed by atoms with Crippen LogP contribution < -0.4 is 10.1 Å². The Bertz CT molecular complexity index is 1090. The van der Waals surface area contributed by atoms with Crippen molar-refractivity contribution in [1.29, 1.82) is 0 Å². The van der Waals surface area contributed by atoms with Crippen LogP contribution in [0.25, 0.3) is 22.7 Å². The molecule has 0 saturated heterocycles. The summed E-state index contributed by atoms with van der Waals surface area (Å²) < 4.78 is 10.8. The molecule has 0 atom stereocenters. The van der Waals surface area contributed by atoms with Gasteiger partial charge in [0.05, 0.1) is 7.11 Å². The summed E-state index contributed by atoms with van der Waals surface area (Å²) in [7, 11) is 1.57. The average molecular weight is 370 g/mol. The van der Waals surface area contributed by atoms with Gasteiger partial charge < -0.3 is 14.5 Å². The second-order valence-corrected chi connectivity index (χ2v) is 6.17. The SMILES string of the molecule is COc1cccc(C(=O)Nc2ccc(-c3nc(-c4ccccc4)co3)cc2)c1. The molecular weight excluding hydrogens is 352 g/mol. The van der Waals surface area contributed by atoms with Gasteiger partial charge in [0, 0.05) is 22.4 Å². The molecule has 0 bridgehead atoms. The molecule has 1 aromatic heterocycles. The van der Waals surface area contributed by atoms with E-state index < -0.39 is 0 Å². The number of ether oxygens (including phenoxy) is 1. The van der Waals surface area contributed by atoms with Gasteiger partial charge in [-0.15, -0.1) is 0 Å². The highest BCUT2D eigenvalue weighted by Gasteiger charge is 2.10. The standard InChI is InChI=1S/C23H18N2O3/c1-27-20-9-5-8-18(14-20)22(26)24-19-12-10-17(11-13-19)23-25-21(15-28-23)16-6-3-2-4-7-16/h2-15H,1H3,(H,24,26). The number of nitrogens with zero attached hydrogens (tertiary/aromatic N) is 1. The van der Waals surface area contributed by atoms with Crippen LogP contribution in [0, 0.1) is 0 Å². The van der Waals surface area contributed by atoms with Crippen LogP contribution in [0.5, 0.6) is 5.75 Å². The Morgan fingerprint density at radius 3 is 2.46 bits per heavy atom. The van der Waals surface area contributed by atoms with Crippen molar-refractivity contribution in [1.82, 2.24) is 4.98 Å². The minimum Gasteiger partial charge on any atom is -0.497 e. The van der Waals surface area contributed by atoms with E-state index in [4.69, 9.17) is 9.15 Å². The number of benzene rings is 3. The maximum atomic E-state index is 12.4. The Labute approximate surface area is 162 Å². The van der Waals surface area contributed by atoms with Crippen molar-refractivity contribution in [3.05, 3.63) is 90.7 Å². The quantitative estimate of drug-likeness (QED) is 0.520. The average Bonchev–Trinajstić information content (AvgIpc) is 3.25. The molecule has 1 heterocycles. The number of amides is 1. The molecule has 4 aromatic rings. The zero-order valence-corrected chi connectivity index (χ0v) is 15.3. The van der Waals surface area contributed by atoms with Crippen molar-refractivity contribution in [3.8, 4) is 28.5 Å². The molecule has 0 aliphatic heterocycles. The number of anilines is 1. The molecule has 138 valence electrons. The Hall–Kier alpha value is -3.86. The van der Waals surface area contributed by atoms with E-state index in [0.717, 1.165) is 16.8 Å². The third kappa shape index (κ3) is 3.78. The summed E-state index contributed by atoms with van der Waals surface area (Å²) in [6.45, 7) is 0. The van der Waals surface area contributed by atoms with Gasteiger partial charge in [0.25, 0.3) is 5.91 Å². The van der Waals surface area contributed by atoms with Crippen molar-refractivity contribution in [2.45, 2.75) is 0 Å². The molecule has 3 aromatic carbocycles. The second kappa shape index (κ2) is 7.80. The molecule has 5 heteroatoms. The first-order valence-electron chi connectivity index (χ1n) is 8.80. The molecule has 1 amide bonds. The van der Waals surface area contributed by atoms with Crippen molar-refractivity contribution in [3.63, 3.8) is 0 Å². The summed E-state index contributed by atoms with van der Waals surface area (Å²) in [4.78, 5) is 16.9. The van der Waals surface area contributed by atoms with Gasteiger partial charge in [0.15, 0.2) is 0 Å². The Balaban J connectivity index is 1.48. The molecule has 0 aliphatic carbocycles. The lowest BCUT2D eigenvalue weighted by Crippen LogP contribution is -2.11. The highest BCUT2D eigenvalue weighted by Crippen LogP contribution is 2.25. The van der Waals surface area contributed by atoms with Crippen LogP contribution in [0.2, 0.25) is 0 Å². The molecule has 5 nitrogen and oxygen atoms in total. The molecule has 0 radical (unpaired) electrons. The number of carbonyl (C=O) groups is 1. The van der Waals surface area contributed by atoms with Gasteiger partial charge in [-0.25, -0.2) is 4.98 Å². The van der Waals surface area contributed by atoms with Crippen molar-refractivity contribution in [2.24, 2.45) is 0 Å². The predicted octanol–water partition coefficient (Wildman–Crippen LogP) is 5.27. The largest absolute Gasteiger partial charge is 0.497 e. The third-order valence-electron chi connectivity index (χ3n) is 4.30. The van der Waals surface area contributed by atoms with Crippen LogP contribution in [-0.2, 0) is 0 Å². The van der Waals surface area contributed by atoms with Crippen LogP contribution in [0.15, 0.2) is 89.5 Å². The smallest absolute Gasteiger partial charge is 0.255 e. The number of aromatic nitrogens is 1. The van der Waals surface area contributed by atoms with E-state index in [1.54, 1.807) is 37.6 Å². The van der Waals surface area contributed by atoms with Gasteiger partial charge in [-0.1, -0.05) is 36.4 Å². The van der Waals surface area contributed by atoms with Crippen LogP contribution in [0.1, 0.15) is 10.4 Å². The highest BCUT2D eigenvalue weighted by molar-refractivity contribution is 6.04. The summed E-state index contributed by atoms with van der Waals surface area (Å²) in [5.74, 6) is 0.972. The normalized spacial score (nSPS) is 10.5. The van der Waals surface area contributed by atoms with Crippen molar-refractivity contribution >= 4 is 11.6 Å². The summed E-state index contributed by atoms with van der Waals surface area (Å²) in [6.07, 6.45) is 1.64. The van der Waals surface area contributed by atoms with E-state index in [2.05, 4.69) is 10.3 Å². The zero-order valence-electron chi connectivity index (χ0n) is 15.3. The van der Waals surface area contributed by atoms with E-state index in [9.17, 15) is 4.79 Å². The maximum absolute atomic E-state index is 12.4. The van der Waals surface area contributed by atoms with Gasteiger partial charge in [0.2, 0.25) is 5.89 Å². The summed E-state index contributed by atoms with van der Waals surface area (Å²) in [5.41, 5.74) is 3.84. The fourth-order valence-electron chi connectivity index (χ4n) is 2.81. The third-order valence-corrected chi connectivity index (χ3v) is 4.30. The fourth-order valence-corrected chi connectivity index (χ4v) is 2.81. The Kier molecular flexibility index (Phi) is 4.89. The van der Waals surface area contributed by atoms with E-state index in [1.165, 1.54) is 0 Å². The van der Waals surface area contributed by atoms with Crippen molar-refractivity contribution < 1.29 is 13.9 Å². The zero-order chi connectivity index (χ0) is 19.3. The molecule has 0 aliphatic rings.